The Bertz CT molecular complexity index is 387. The van der Waals surface area contributed by atoms with Gasteiger partial charge in [-0.1, -0.05) is 20.8 Å². The van der Waals surface area contributed by atoms with Crippen molar-refractivity contribution in [1.29, 1.82) is 0 Å². The highest BCUT2D eigenvalue weighted by Crippen LogP contribution is 2.39. The Labute approximate surface area is 121 Å². The fourth-order valence-corrected chi connectivity index (χ4v) is 4.14. The van der Waals surface area contributed by atoms with Crippen LogP contribution in [0.3, 0.4) is 0 Å². The lowest BCUT2D eigenvalue weighted by Crippen LogP contribution is -2.44. The van der Waals surface area contributed by atoms with E-state index in [0.717, 1.165) is 18.8 Å². The van der Waals surface area contributed by atoms with Crippen LogP contribution in [-0.2, 0) is 12.8 Å². The molecule has 1 aliphatic carbocycles. The lowest BCUT2D eigenvalue weighted by atomic mass is 9.71. The second kappa shape index (κ2) is 6.38. The molecule has 3 heteroatoms. The van der Waals surface area contributed by atoms with Crippen molar-refractivity contribution >= 4 is 11.3 Å². The molecule has 0 saturated heterocycles. The first-order valence-corrected chi connectivity index (χ1v) is 8.39. The van der Waals surface area contributed by atoms with Gasteiger partial charge in [-0.25, -0.2) is 0 Å². The Kier molecular flexibility index (Phi) is 5.04. The molecule has 0 spiro atoms. The summed E-state index contributed by atoms with van der Waals surface area (Å²) >= 11 is 1.94. The van der Waals surface area contributed by atoms with Gasteiger partial charge in [-0.15, -0.1) is 11.3 Å². The van der Waals surface area contributed by atoms with Gasteiger partial charge in [0.15, 0.2) is 0 Å². The molecule has 1 aliphatic rings. The van der Waals surface area contributed by atoms with Crippen molar-refractivity contribution in [2.75, 3.05) is 0 Å². The fourth-order valence-electron chi connectivity index (χ4n) is 3.12. The molecule has 0 aromatic carbocycles. The van der Waals surface area contributed by atoms with E-state index in [0.29, 0.717) is 11.5 Å². The van der Waals surface area contributed by atoms with Gasteiger partial charge in [0.05, 0.1) is 0 Å². The summed E-state index contributed by atoms with van der Waals surface area (Å²) in [6.07, 6.45) is 7.53. The van der Waals surface area contributed by atoms with E-state index in [2.05, 4.69) is 38.3 Å². The fraction of sp³-hybridized carbons (Fsp3) is 0.750. The van der Waals surface area contributed by atoms with E-state index < -0.39 is 0 Å². The van der Waals surface area contributed by atoms with Crippen LogP contribution in [0.1, 0.15) is 56.2 Å². The molecule has 1 atom stereocenters. The first kappa shape index (κ1) is 15.0. The smallest absolute Gasteiger partial charge is 0.0287 e. The Hall–Kier alpha value is -0.380. The summed E-state index contributed by atoms with van der Waals surface area (Å²) in [7, 11) is 0. The maximum Gasteiger partial charge on any atom is 0.0287 e. The number of thiophene rings is 1. The minimum absolute atomic E-state index is 0.444. The summed E-state index contributed by atoms with van der Waals surface area (Å²) in [5, 5.41) is 0. The molecule has 1 heterocycles. The van der Waals surface area contributed by atoms with E-state index in [1.807, 2.05) is 11.3 Å². The van der Waals surface area contributed by atoms with Crippen molar-refractivity contribution < 1.29 is 0 Å². The van der Waals surface area contributed by atoms with E-state index in [9.17, 15) is 0 Å². The molecule has 0 radical (unpaired) electrons. The van der Waals surface area contributed by atoms with Crippen LogP contribution in [0.15, 0.2) is 12.1 Å². The molecule has 19 heavy (non-hydrogen) atoms. The van der Waals surface area contributed by atoms with Crippen LogP contribution in [0, 0.1) is 11.3 Å². The number of hydrogen-bond acceptors (Lipinski definition) is 3. The minimum Gasteiger partial charge on any atom is -0.271 e. The van der Waals surface area contributed by atoms with Crippen LogP contribution in [0.2, 0.25) is 0 Å². The largest absolute Gasteiger partial charge is 0.271 e. The van der Waals surface area contributed by atoms with Gasteiger partial charge in [0.25, 0.3) is 0 Å². The highest BCUT2D eigenvalue weighted by molar-refractivity contribution is 7.11. The van der Waals surface area contributed by atoms with E-state index in [1.165, 1.54) is 35.4 Å². The number of nitrogens with two attached hydrogens (primary N) is 1. The molecule has 1 fully saturated rings. The maximum atomic E-state index is 5.81. The number of nitrogens with one attached hydrogen (secondary N) is 1. The number of rotatable bonds is 5. The van der Waals surface area contributed by atoms with E-state index in [1.54, 1.807) is 0 Å². The lowest BCUT2D eigenvalue weighted by Gasteiger charge is -2.37. The molecule has 1 unspecified atom stereocenters. The van der Waals surface area contributed by atoms with Gasteiger partial charge in [-0.05, 0) is 62.0 Å². The third-order valence-corrected chi connectivity index (χ3v) is 5.91. The zero-order valence-corrected chi connectivity index (χ0v) is 13.4. The van der Waals surface area contributed by atoms with Gasteiger partial charge in [0.1, 0.15) is 0 Å². The van der Waals surface area contributed by atoms with Crippen LogP contribution in [-0.4, -0.2) is 6.04 Å². The van der Waals surface area contributed by atoms with Crippen molar-refractivity contribution in [2.45, 2.75) is 65.3 Å². The Balaban J connectivity index is 1.93. The summed E-state index contributed by atoms with van der Waals surface area (Å²) in [6.45, 7) is 7.00. The van der Waals surface area contributed by atoms with Crippen LogP contribution in [0.5, 0.6) is 0 Å². The molecule has 1 aromatic heterocycles. The van der Waals surface area contributed by atoms with Crippen molar-refractivity contribution in [3.05, 3.63) is 21.9 Å². The molecular formula is C16H28N2S. The average Bonchev–Trinajstić information content (AvgIpc) is 2.84. The van der Waals surface area contributed by atoms with E-state index in [-0.39, 0.29) is 0 Å². The van der Waals surface area contributed by atoms with Gasteiger partial charge in [-0.3, -0.25) is 11.3 Å². The Morgan fingerprint density at radius 2 is 1.95 bits per heavy atom. The zero-order chi connectivity index (χ0) is 13.9. The molecule has 108 valence electrons. The van der Waals surface area contributed by atoms with Gasteiger partial charge >= 0.3 is 0 Å². The van der Waals surface area contributed by atoms with Crippen LogP contribution in [0.4, 0.5) is 0 Å². The minimum atomic E-state index is 0.444. The average molecular weight is 280 g/mol. The standard InChI is InChI=1S/C16H28N2S/c1-4-13-5-6-14(19-13)11-15(18-17)12-7-9-16(2,3)10-8-12/h5-6,12,15,18H,4,7-11,17H2,1-3H3. The van der Waals surface area contributed by atoms with Crippen molar-refractivity contribution in [2.24, 2.45) is 17.2 Å². The first-order valence-electron chi connectivity index (χ1n) is 7.58. The summed E-state index contributed by atoms with van der Waals surface area (Å²) in [4.78, 5) is 2.96. The van der Waals surface area contributed by atoms with Crippen LogP contribution in [0.25, 0.3) is 0 Å². The Morgan fingerprint density at radius 3 is 2.47 bits per heavy atom. The topological polar surface area (TPSA) is 38.0 Å². The SMILES string of the molecule is CCc1ccc(CC(NN)C2CCC(C)(C)CC2)s1. The summed E-state index contributed by atoms with van der Waals surface area (Å²) < 4.78 is 0. The normalized spacial score (nSPS) is 21.5. The lowest BCUT2D eigenvalue weighted by molar-refractivity contribution is 0.161. The van der Waals surface area contributed by atoms with Crippen molar-refractivity contribution in [3.63, 3.8) is 0 Å². The molecule has 1 aromatic rings. The highest BCUT2D eigenvalue weighted by atomic mass is 32.1. The zero-order valence-electron chi connectivity index (χ0n) is 12.5. The predicted octanol–water partition coefficient (Wildman–Crippen LogP) is 3.90. The van der Waals surface area contributed by atoms with Crippen molar-refractivity contribution in [1.82, 2.24) is 5.43 Å². The van der Waals surface area contributed by atoms with Gasteiger partial charge in [0, 0.05) is 15.8 Å². The molecule has 3 N–H and O–H groups in total. The quantitative estimate of drug-likeness (QED) is 0.634. The summed E-state index contributed by atoms with van der Waals surface area (Å²) in [5.74, 6) is 6.55. The van der Waals surface area contributed by atoms with E-state index in [4.69, 9.17) is 5.84 Å². The van der Waals surface area contributed by atoms with E-state index >= 15 is 0 Å². The second-order valence-corrected chi connectivity index (χ2v) is 7.95. The third kappa shape index (κ3) is 4.04. The number of hydrazine groups is 1. The summed E-state index contributed by atoms with van der Waals surface area (Å²) in [6, 6.07) is 4.98. The van der Waals surface area contributed by atoms with Crippen LogP contribution < -0.4 is 11.3 Å². The Morgan fingerprint density at radius 1 is 1.32 bits per heavy atom. The number of hydrogen-bond donors (Lipinski definition) is 2. The molecule has 0 aliphatic heterocycles. The predicted molar refractivity (Wildman–Crippen MR) is 84.3 cm³/mol. The maximum absolute atomic E-state index is 5.81. The molecule has 2 rings (SSSR count). The van der Waals surface area contributed by atoms with Gasteiger partial charge in [0.2, 0.25) is 0 Å². The molecule has 0 amide bonds. The molecule has 0 bridgehead atoms. The second-order valence-electron chi connectivity index (χ2n) is 6.70. The monoisotopic (exact) mass is 280 g/mol. The summed E-state index contributed by atoms with van der Waals surface area (Å²) in [5.41, 5.74) is 3.62. The molecule has 1 saturated carbocycles. The number of aryl methyl sites for hydroxylation is 1. The first-order chi connectivity index (χ1) is 9.04. The van der Waals surface area contributed by atoms with Crippen molar-refractivity contribution in [3.8, 4) is 0 Å². The third-order valence-electron chi connectivity index (χ3n) is 4.65. The molecular weight excluding hydrogens is 252 g/mol. The van der Waals surface area contributed by atoms with Gasteiger partial charge in [-0.2, -0.15) is 0 Å². The molecule has 2 nitrogen and oxygen atoms in total. The van der Waals surface area contributed by atoms with Gasteiger partial charge < -0.3 is 0 Å². The highest BCUT2D eigenvalue weighted by Gasteiger charge is 2.31. The van der Waals surface area contributed by atoms with Crippen LogP contribution >= 0.6 is 11.3 Å².